The Balaban J connectivity index is 2.02. The third kappa shape index (κ3) is 3.12. The normalized spacial score (nSPS) is 32.3. The van der Waals surface area contributed by atoms with Crippen LogP contribution in [0.3, 0.4) is 0 Å². The molecule has 0 heteroatoms. The van der Waals surface area contributed by atoms with Gasteiger partial charge in [-0.2, -0.15) is 0 Å². The highest BCUT2D eigenvalue weighted by Gasteiger charge is 2.26. The second-order valence-electron chi connectivity index (χ2n) is 5.82. The minimum absolute atomic E-state index is 0.964. The average Bonchev–Trinajstić information content (AvgIpc) is 2.70. The molecule has 0 bridgehead atoms. The topological polar surface area (TPSA) is 0 Å². The van der Waals surface area contributed by atoms with Crippen LogP contribution in [0.15, 0.2) is 11.6 Å². The maximum atomic E-state index is 2.45. The Morgan fingerprint density at radius 2 is 1.44 bits per heavy atom. The van der Waals surface area contributed by atoms with Gasteiger partial charge in [0.2, 0.25) is 0 Å². The molecular weight excluding hydrogens is 192 g/mol. The van der Waals surface area contributed by atoms with Gasteiger partial charge in [-0.25, -0.2) is 0 Å². The lowest BCUT2D eigenvalue weighted by molar-refractivity contribution is 0.318. The smallest absolute Gasteiger partial charge is 0.0175 e. The fraction of sp³-hybridized carbons (Fsp3) is 0.875. The van der Waals surface area contributed by atoms with Gasteiger partial charge >= 0.3 is 0 Å². The quantitative estimate of drug-likeness (QED) is 0.405. The molecule has 2 rings (SSSR count). The van der Waals surface area contributed by atoms with E-state index in [1.807, 2.05) is 5.57 Å². The molecule has 0 saturated heterocycles. The number of allylic oxidation sites excluding steroid dienone is 2. The van der Waals surface area contributed by atoms with E-state index >= 15 is 0 Å². The van der Waals surface area contributed by atoms with E-state index in [-0.39, 0.29) is 0 Å². The molecule has 1 atom stereocenters. The molecule has 2 fully saturated rings. The lowest BCUT2D eigenvalue weighted by Crippen LogP contribution is -2.16. The molecule has 0 aliphatic heterocycles. The van der Waals surface area contributed by atoms with Gasteiger partial charge in [0, 0.05) is 0 Å². The van der Waals surface area contributed by atoms with E-state index in [4.69, 9.17) is 0 Å². The number of rotatable bonds is 1. The van der Waals surface area contributed by atoms with E-state index in [0.717, 1.165) is 11.8 Å². The molecule has 0 aromatic heterocycles. The first-order valence-corrected chi connectivity index (χ1v) is 7.57. The van der Waals surface area contributed by atoms with Gasteiger partial charge in [0.1, 0.15) is 0 Å². The minimum atomic E-state index is 0.964. The van der Waals surface area contributed by atoms with Crippen molar-refractivity contribution in [3.63, 3.8) is 0 Å². The first-order chi connectivity index (χ1) is 7.92. The fourth-order valence-corrected chi connectivity index (χ4v) is 3.85. The zero-order chi connectivity index (χ0) is 11.2. The second kappa shape index (κ2) is 6.47. The van der Waals surface area contributed by atoms with Crippen LogP contribution < -0.4 is 0 Å². The minimum Gasteiger partial charge on any atom is -0.0882 e. The van der Waals surface area contributed by atoms with Crippen LogP contribution in [0, 0.1) is 11.8 Å². The van der Waals surface area contributed by atoms with Gasteiger partial charge in [-0.1, -0.05) is 50.2 Å². The van der Waals surface area contributed by atoms with Crippen molar-refractivity contribution in [1.29, 1.82) is 0 Å². The highest BCUT2D eigenvalue weighted by atomic mass is 14.3. The molecule has 0 nitrogen and oxygen atoms in total. The molecule has 0 aromatic carbocycles. The molecule has 0 spiro atoms. The van der Waals surface area contributed by atoms with Crippen molar-refractivity contribution in [2.75, 3.05) is 0 Å². The lowest BCUT2D eigenvalue weighted by atomic mass is 9.78. The summed E-state index contributed by atoms with van der Waals surface area (Å²) in [6.45, 7) is 2.27. The molecule has 2 saturated carbocycles. The largest absolute Gasteiger partial charge is 0.0882 e. The molecule has 16 heavy (non-hydrogen) atoms. The average molecular weight is 220 g/mol. The lowest BCUT2D eigenvalue weighted by Gasteiger charge is -2.27. The molecule has 2 aliphatic carbocycles. The van der Waals surface area contributed by atoms with Gasteiger partial charge in [-0.15, -0.1) is 0 Å². The summed E-state index contributed by atoms with van der Waals surface area (Å²) in [7, 11) is 0. The third-order valence-corrected chi connectivity index (χ3v) is 4.80. The monoisotopic (exact) mass is 220 g/mol. The summed E-state index contributed by atoms with van der Waals surface area (Å²) < 4.78 is 0. The Kier molecular flexibility index (Phi) is 4.93. The predicted molar refractivity (Wildman–Crippen MR) is 71.5 cm³/mol. The van der Waals surface area contributed by atoms with Crippen LogP contribution in [0.4, 0.5) is 0 Å². The first kappa shape index (κ1) is 12.2. The molecule has 0 aromatic rings. The summed E-state index contributed by atoms with van der Waals surface area (Å²) in [6.07, 6.45) is 18.8. The van der Waals surface area contributed by atoms with Crippen LogP contribution in [-0.4, -0.2) is 0 Å². The summed E-state index contributed by atoms with van der Waals surface area (Å²) in [5.41, 5.74) is 1.81. The van der Waals surface area contributed by atoms with Crippen molar-refractivity contribution < 1.29 is 0 Å². The number of hydrogen-bond donors (Lipinski definition) is 0. The predicted octanol–water partition coefficient (Wildman–Crippen LogP) is 5.48. The molecule has 1 unspecified atom stereocenters. The maximum Gasteiger partial charge on any atom is -0.0175 e. The molecule has 0 amide bonds. The zero-order valence-corrected chi connectivity index (χ0v) is 11.0. The first-order valence-electron chi connectivity index (χ1n) is 7.57. The van der Waals surface area contributed by atoms with E-state index in [0.29, 0.717) is 0 Å². The van der Waals surface area contributed by atoms with E-state index in [1.54, 1.807) is 0 Å². The van der Waals surface area contributed by atoms with Crippen molar-refractivity contribution in [2.45, 2.75) is 77.6 Å². The van der Waals surface area contributed by atoms with Crippen molar-refractivity contribution in [3.8, 4) is 0 Å². The number of hydrogen-bond acceptors (Lipinski definition) is 0. The van der Waals surface area contributed by atoms with Gasteiger partial charge in [0.05, 0.1) is 0 Å². The van der Waals surface area contributed by atoms with Crippen LogP contribution in [0.2, 0.25) is 0 Å². The Labute approximate surface area is 102 Å². The van der Waals surface area contributed by atoms with Crippen LogP contribution in [0.25, 0.3) is 0 Å². The molecule has 0 heterocycles. The molecule has 92 valence electrons. The van der Waals surface area contributed by atoms with Crippen molar-refractivity contribution in [3.05, 3.63) is 11.6 Å². The Hall–Kier alpha value is -0.260. The summed E-state index contributed by atoms with van der Waals surface area (Å²) in [6, 6.07) is 0. The van der Waals surface area contributed by atoms with Crippen molar-refractivity contribution in [2.24, 2.45) is 11.8 Å². The molecular formula is C16H28. The van der Waals surface area contributed by atoms with Gasteiger partial charge in [0.25, 0.3) is 0 Å². The van der Waals surface area contributed by atoms with E-state index in [1.165, 1.54) is 70.6 Å². The van der Waals surface area contributed by atoms with E-state index in [2.05, 4.69) is 13.0 Å². The maximum absolute atomic E-state index is 2.45. The molecule has 2 aliphatic rings. The summed E-state index contributed by atoms with van der Waals surface area (Å²) in [5, 5.41) is 0. The second-order valence-corrected chi connectivity index (χ2v) is 5.82. The third-order valence-electron chi connectivity index (χ3n) is 4.80. The van der Waals surface area contributed by atoms with E-state index in [9.17, 15) is 0 Å². The highest BCUT2D eigenvalue weighted by molar-refractivity contribution is 5.08. The van der Waals surface area contributed by atoms with Gasteiger partial charge in [0.15, 0.2) is 0 Å². The molecule has 0 N–H and O–H groups in total. The highest BCUT2D eigenvalue weighted by Crippen LogP contribution is 2.39. The SMILES string of the molecule is CC=C1CCCCCC1C1CCCCCC1. The van der Waals surface area contributed by atoms with Gasteiger partial charge < -0.3 is 0 Å². The Bertz CT molecular complexity index is 218. The zero-order valence-electron chi connectivity index (χ0n) is 11.0. The standard InChI is InChI=1S/C16H28/c1-2-14-10-8-5-9-13-16(14)15-11-6-3-4-7-12-15/h2,15-16H,3-13H2,1H3. The van der Waals surface area contributed by atoms with Gasteiger partial charge in [-0.05, 0) is 50.9 Å². The van der Waals surface area contributed by atoms with Crippen LogP contribution in [-0.2, 0) is 0 Å². The van der Waals surface area contributed by atoms with Crippen LogP contribution in [0.5, 0.6) is 0 Å². The van der Waals surface area contributed by atoms with Crippen LogP contribution in [0.1, 0.15) is 77.6 Å². The van der Waals surface area contributed by atoms with Gasteiger partial charge in [-0.3, -0.25) is 0 Å². The summed E-state index contributed by atoms with van der Waals surface area (Å²) >= 11 is 0. The Morgan fingerprint density at radius 3 is 2.12 bits per heavy atom. The van der Waals surface area contributed by atoms with E-state index < -0.39 is 0 Å². The fourth-order valence-electron chi connectivity index (χ4n) is 3.85. The van der Waals surface area contributed by atoms with Crippen molar-refractivity contribution >= 4 is 0 Å². The molecule has 0 radical (unpaired) electrons. The van der Waals surface area contributed by atoms with Crippen LogP contribution >= 0.6 is 0 Å². The summed E-state index contributed by atoms with van der Waals surface area (Å²) in [4.78, 5) is 0. The van der Waals surface area contributed by atoms with Crippen molar-refractivity contribution in [1.82, 2.24) is 0 Å². The Morgan fingerprint density at radius 1 is 0.812 bits per heavy atom. The summed E-state index contributed by atoms with van der Waals surface area (Å²) in [5.74, 6) is 2.00.